The molecule has 3 aromatic rings. The maximum absolute atomic E-state index is 13.3. The van der Waals surface area contributed by atoms with Gasteiger partial charge in [-0.05, 0) is 55.3 Å². The fourth-order valence-electron chi connectivity index (χ4n) is 4.73. The van der Waals surface area contributed by atoms with E-state index in [1.54, 1.807) is 23.6 Å². The largest absolute Gasteiger partial charge is 0.454 e. The number of nitrogens with one attached hydrogen (secondary N) is 1. The van der Waals surface area contributed by atoms with E-state index in [0.29, 0.717) is 28.3 Å². The van der Waals surface area contributed by atoms with Crippen molar-refractivity contribution < 1.29 is 19.1 Å². The summed E-state index contributed by atoms with van der Waals surface area (Å²) in [6, 6.07) is 7.24. The molecule has 0 bridgehead atoms. The average Bonchev–Trinajstić information content (AvgIpc) is 3.55. The van der Waals surface area contributed by atoms with E-state index >= 15 is 0 Å². The lowest BCUT2D eigenvalue weighted by Crippen LogP contribution is -2.47. The first kappa shape index (κ1) is 24.1. The lowest BCUT2D eigenvalue weighted by molar-refractivity contribution is -0.135. The first-order valence-electron chi connectivity index (χ1n) is 12.1. The molecule has 1 N–H and O–H groups in total. The van der Waals surface area contributed by atoms with Gasteiger partial charge in [-0.25, -0.2) is 4.79 Å². The molecule has 5 rings (SSSR count). The molecule has 0 spiro atoms. The fraction of sp³-hybridized carbons (Fsp3) is 0.440. The van der Waals surface area contributed by atoms with Gasteiger partial charge in [0.1, 0.15) is 11.2 Å². The molecule has 1 saturated heterocycles. The third-order valence-electron chi connectivity index (χ3n) is 6.74. The van der Waals surface area contributed by atoms with Gasteiger partial charge in [0.15, 0.2) is 11.5 Å². The van der Waals surface area contributed by atoms with Crippen LogP contribution in [0.1, 0.15) is 38.2 Å². The number of likely N-dealkylation sites (tertiary alicyclic amines) is 1. The zero-order chi connectivity index (χ0) is 25.2. The molecular weight excluding hydrogens is 484 g/mol. The quantitative estimate of drug-likeness (QED) is 0.519. The Morgan fingerprint density at radius 1 is 1.11 bits per heavy atom. The van der Waals surface area contributed by atoms with Crippen LogP contribution in [0, 0.1) is 0 Å². The second-order valence-electron chi connectivity index (χ2n) is 9.11. The lowest BCUT2D eigenvalue weighted by Gasteiger charge is -2.33. The minimum absolute atomic E-state index is 0.0479. The number of fused-ring (bicyclic) bond motifs is 2. The van der Waals surface area contributed by atoms with Crippen LogP contribution in [0.4, 0.5) is 0 Å². The number of hydrogen-bond donors (Lipinski definition) is 1. The van der Waals surface area contributed by atoms with Crippen LogP contribution in [0.15, 0.2) is 39.2 Å². The third kappa shape index (κ3) is 4.75. The molecular formula is C25H28N4O6S. The maximum atomic E-state index is 13.3. The molecule has 0 radical (unpaired) electrons. The van der Waals surface area contributed by atoms with Gasteiger partial charge in [-0.3, -0.25) is 23.5 Å². The summed E-state index contributed by atoms with van der Waals surface area (Å²) in [6.07, 6.45) is 2.92. The Kier molecular flexibility index (Phi) is 6.82. The van der Waals surface area contributed by atoms with Gasteiger partial charge >= 0.3 is 5.69 Å². The number of nitrogens with zero attached hydrogens (tertiary/aromatic N) is 3. The number of carbonyl (C=O) groups is 2. The predicted octanol–water partition coefficient (Wildman–Crippen LogP) is 2.06. The Morgan fingerprint density at radius 2 is 1.94 bits per heavy atom. The SMILES string of the molecule is C[C@H]1CCCCN1C(=O)Cn1c(=O)n(CCC(=O)NCc2ccc3c(c2)OCO3)c(=O)c2sccc21. The number of ether oxygens (including phenoxy) is 2. The van der Waals surface area contributed by atoms with Crippen molar-refractivity contribution in [3.8, 4) is 11.5 Å². The van der Waals surface area contributed by atoms with Gasteiger partial charge in [0.2, 0.25) is 18.6 Å². The van der Waals surface area contributed by atoms with Gasteiger partial charge in [0.05, 0.1) is 5.52 Å². The van der Waals surface area contributed by atoms with Crippen molar-refractivity contribution in [1.82, 2.24) is 19.4 Å². The molecule has 190 valence electrons. The molecule has 1 aromatic carbocycles. The molecule has 10 nitrogen and oxygen atoms in total. The number of piperidine rings is 1. The van der Waals surface area contributed by atoms with Crippen molar-refractivity contribution in [2.75, 3.05) is 13.3 Å². The number of aromatic nitrogens is 2. The number of amides is 2. The van der Waals surface area contributed by atoms with Crippen LogP contribution in [0.2, 0.25) is 0 Å². The van der Waals surface area contributed by atoms with Crippen LogP contribution >= 0.6 is 11.3 Å². The van der Waals surface area contributed by atoms with Crippen molar-refractivity contribution >= 4 is 33.4 Å². The Hall–Kier alpha value is -3.60. The topological polar surface area (TPSA) is 112 Å². The van der Waals surface area contributed by atoms with E-state index in [9.17, 15) is 19.2 Å². The summed E-state index contributed by atoms with van der Waals surface area (Å²) in [4.78, 5) is 53.7. The van der Waals surface area contributed by atoms with Crippen LogP contribution in [-0.4, -0.2) is 45.2 Å². The molecule has 2 aliphatic heterocycles. The summed E-state index contributed by atoms with van der Waals surface area (Å²) in [5.74, 6) is 0.864. The minimum Gasteiger partial charge on any atom is -0.454 e. The zero-order valence-electron chi connectivity index (χ0n) is 20.0. The standard InChI is InChI=1S/C25H28N4O6S/c1-16-4-2-3-9-27(16)22(31)14-29-18-8-11-36-23(18)24(32)28(25(29)33)10-7-21(30)26-13-17-5-6-19-20(12-17)35-15-34-19/h5-6,8,11-12,16H,2-4,7,9-10,13-15H2,1H3,(H,26,30)/t16-/m0/s1. The second kappa shape index (κ2) is 10.2. The molecule has 36 heavy (non-hydrogen) atoms. The Balaban J connectivity index is 1.29. The molecule has 0 aliphatic carbocycles. The number of rotatable bonds is 7. The Bertz CT molecular complexity index is 1420. The summed E-state index contributed by atoms with van der Waals surface area (Å²) in [7, 11) is 0. The molecule has 11 heteroatoms. The molecule has 0 saturated carbocycles. The van der Waals surface area contributed by atoms with E-state index in [-0.39, 0.29) is 50.7 Å². The van der Waals surface area contributed by atoms with Crippen LogP contribution in [0.3, 0.4) is 0 Å². The van der Waals surface area contributed by atoms with Crippen molar-refractivity contribution in [2.24, 2.45) is 0 Å². The van der Waals surface area contributed by atoms with Crippen molar-refractivity contribution in [3.05, 3.63) is 56.0 Å². The van der Waals surface area contributed by atoms with Crippen LogP contribution in [0.5, 0.6) is 11.5 Å². The van der Waals surface area contributed by atoms with Crippen LogP contribution < -0.4 is 26.0 Å². The number of benzene rings is 1. The highest BCUT2D eigenvalue weighted by Gasteiger charge is 2.25. The molecule has 2 aromatic heterocycles. The zero-order valence-corrected chi connectivity index (χ0v) is 20.8. The molecule has 1 fully saturated rings. The number of hydrogen-bond acceptors (Lipinski definition) is 7. The highest BCUT2D eigenvalue weighted by atomic mass is 32.1. The number of carbonyl (C=O) groups excluding carboxylic acids is 2. The highest BCUT2D eigenvalue weighted by molar-refractivity contribution is 7.17. The minimum atomic E-state index is -0.576. The smallest absolute Gasteiger partial charge is 0.332 e. The lowest BCUT2D eigenvalue weighted by atomic mass is 10.0. The van der Waals surface area contributed by atoms with Gasteiger partial charge in [-0.1, -0.05) is 6.07 Å². The van der Waals surface area contributed by atoms with E-state index < -0.39 is 11.2 Å². The van der Waals surface area contributed by atoms with E-state index in [1.165, 1.54) is 15.9 Å². The predicted molar refractivity (Wildman–Crippen MR) is 134 cm³/mol. The molecule has 2 aliphatic rings. The van der Waals surface area contributed by atoms with E-state index in [2.05, 4.69) is 5.32 Å². The molecule has 2 amide bonds. The van der Waals surface area contributed by atoms with Crippen molar-refractivity contribution in [3.63, 3.8) is 0 Å². The van der Waals surface area contributed by atoms with Gasteiger partial charge in [0.25, 0.3) is 5.56 Å². The molecule has 0 unspecified atom stereocenters. The van der Waals surface area contributed by atoms with Crippen molar-refractivity contribution in [2.45, 2.75) is 58.3 Å². The van der Waals surface area contributed by atoms with Crippen molar-refractivity contribution in [1.29, 1.82) is 0 Å². The van der Waals surface area contributed by atoms with E-state index in [1.807, 2.05) is 17.9 Å². The number of thiophene rings is 1. The first-order valence-corrected chi connectivity index (χ1v) is 13.0. The van der Waals surface area contributed by atoms with E-state index in [4.69, 9.17) is 9.47 Å². The van der Waals surface area contributed by atoms with Gasteiger partial charge in [-0.2, -0.15) is 0 Å². The third-order valence-corrected chi connectivity index (χ3v) is 7.63. The summed E-state index contributed by atoms with van der Waals surface area (Å²) in [5, 5.41) is 4.54. The monoisotopic (exact) mass is 512 g/mol. The van der Waals surface area contributed by atoms with Gasteiger partial charge in [0, 0.05) is 32.1 Å². The maximum Gasteiger partial charge on any atom is 0.332 e. The van der Waals surface area contributed by atoms with Crippen LogP contribution in [-0.2, 0) is 29.2 Å². The van der Waals surface area contributed by atoms with Crippen LogP contribution in [0.25, 0.3) is 10.2 Å². The van der Waals surface area contributed by atoms with Gasteiger partial charge < -0.3 is 19.7 Å². The second-order valence-corrected chi connectivity index (χ2v) is 10.0. The Labute approximate surface area is 211 Å². The Morgan fingerprint density at radius 3 is 2.78 bits per heavy atom. The summed E-state index contributed by atoms with van der Waals surface area (Å²) >= 11 is 1.23. The fourth-order valence-corrected chi connectivity index (χ4v) is 5.57. The van der Waals surface area contributed by atoms with E-state index in [0.717, 1.165) is 29.4 Å². The summed E-state index contributed by atoms with van der Waals surface area (Å²) < 4.78 is 13.5. The first-order chi connectivity index (χ1) is 17.4. The highest BCUT2D eigenvalue weighted by Crippen LogP contribution is 2.32. The average molecular weight is 513 g/mol. The van der Waals surface area contributed by atoms with Gasteiger partial charge in [-0.15, -0.1) is 11.3 Å². The molecule has 1 atom stereocenters. The summed E-state index contributed by atoms with van der Waals surface area (Å²) in [5.41, 5.74) is 0.283. The normalized spacial score (nSPS) is 16.9. The summed E-state index contributed by atoms with van der Waals surface area (Å²) in [6.45, 7) is 2.93. The molecule has 4 heterocycles.